The first-order valence-electron chi connectivity index (χ1n) is 6.14. The lowest BCUT2D eigenvalue weighted by Gasteiger charge is -2.03. The number of thiazole rings is 1. The van der Waals surface area contributed by atoms with Gasteiger partial charge in [0.25, 0.3) is 5.91 Å². The zero-order valence-electron chi connectivity index (χ0n) is 10.8. The van der Waals surface area contributed by atoms with Crippen molar-refractivity contribution in [3.05, 3.63) is 51.5 Å². The number of hydrogen-bond acceptors (Lipinski definition) is 5. The van der Waals surface area contributed by atoms with Crippen molar-refractivity contribution < 1.29 is 4.79 Å². The van der Waals surface area contributed by atoms with E-state index in [0.29, 0.717) is 30.8 Å². The Morgan fingerprint density at radius 3 is 3.10 bits per heavy atom. The molecule has 1 aromatic heterocycles. The van der Waals surface area contributed by atoms with Gasteiger partial charge in [0.15, 0.2) is 0 Å². The van der Waals surface area contributed by atoms with E-state index in [1.165, 1.54) is 11.3 Å². The lowest BCUT2D eigenvalue weighted by molar-refractivity contribution is 0.0946. The highest BCUT2D eigenvalue weighted by Crippen LogP contribution is 2.10. The molecule has 0 aliphatic rings. The highest BCUT2D eigenvalue weighted by atomic mass is 32.1. The maximum absolute atomic E-state index is 11.9. The van der Waals surface area contributed by atoms with Crippen LogP contribution in [0.25, 0.3) is 0 Å². The highest BCUT2D eigenvalue weighted by Gasteiger charge is 2.10. The predicted octanol–water partition coefficient (Wildman–Crippen LogP) is 1.45. The van der Waals surface area contributed by atoms with Gasteiger partial charge in [0.1, 0.15) is 5.69 Å². The fourth-order valence-corrected chi connectivity index (χ4v) is 2.47. The molecule has 1 heterocycles. The van der Waals surface area contributed by atoms with Gasteiger partial charge in [-0.15, -0.1) is 11.3 Å². The Bertz CT molecular complexity index is 645. The summed E-state index contributed by atoms with van der Waals surface area (Å²) in [6.45, 7) is 0.896. The molecule has 6 heteroatoms. The van der Waals surface area contributed by atoms with Gasteiger partial charge in [-0.25, -0.2) is 4.98 Å². The summed E-state index contributed by atoms with van der Waals surface area (Å²) < 4.78 is 0. The number of nitrogens with zero attached hydrogens (tertiary/aromatic N) is 2. The van der Waals surface area contributed by atoms with Crippen molar-refractivity contribution in [2.45, 2.75) is 13.0 Å². The standard InChI is InChI=1S/C14H14N4OS/c15-5-4-13-18-12(9-20-13)14(19)17-8-11-3-1-2-10(6-11)7-16/h1-3,6,9H,4-5,8,15H2,(H,17,19). The van der Waals surface area contributed by atoms with E-state index in [1.807, 2.05) is 6.07 Å². The SMILES string of the molecule is N#Cc1cccc(CNC(=O)c2csc(CCN)n2)c1. The lowest BCUT2D eigenvalue weighted by Crippen LogP contribution is -2.23. The number of nitrogens with two attached hydrogens (primary N) is 1. The maximum Gasteiger partial charge on any atom is 0.271 e. The fourth-order valence-electron chi connectivity index (χ4n) is 1.68. The zero-order chi connectivity index (χ0) is 14.4. The van der Waals surface area contributed by atoms with E-state index in [0.717, 1.165) is 10.6 Å². The number of rotatable bonds is 5. The number of carbonyl (C=O) groups is 1. The Balaban J connectivity index is 1.95. The van der Waals surface area contributed by atoms with Crippen LogP contribution in [-0.2, 0) is 13.0 Å². The largest absolute Gasteiger partial charge is 0.347 e. The van der Waals surface area contributed by atoms with Crippen LogP contribution in [0.2, 0.25) is 0 Å². The molecule has 1 aromatic carbocycles. The van der Waals surface area contributed by atoms with E-state index >= 15 is 0 Å². The minimum atomic E-state index is -0.216. The molecule has 5 nitrogen and oxygen atoms in total. The first-order valence-corrected chi connectivity index (χ1v) is 7.02. The molecular formula is C14H14N4OS. The second kappa shape index (κ2) is 6.80. The topological polar surface area (TPSA) is 91.8 Å². The minimum Gasteiger partial charge on any atom is -0.347 e. The van der Waals surface area contributed by atoms with E-state index in [1.54, 1.807) is 23.6 Å². The van der Waals surface area contributed by atoms with Gasteiger partial charge < -0.3 is 11.1 Å². The summed E-state index contributed by atoms with van der Waals surface area (Å²) in [5, 5.41) is 14.2. The fraction of sp³-hybridized carbons (Fsp3) is 0.214. The average molecular weight is 286 g/mol. The van der Waals surface area contributed by atoms with Crippen LogP contribution in [0.5, 0.6) is 0 Å². The third-order valence-electron chi connectivity index (χ3n) is 2.65. The number of amides is 1. The Morgan fingerprint density at radius 1 is 1.50 bits per heavy atom. The molecule has 3 N–H and O–H groups in total. The molecule has 0 saturated carbocycles. The van der Waals surface area contributed by atoms with Crippen LogP contribution in [0.3, 0.4) is 0 Å². The van der Waals surface area contributed by atoms with E-state index in [4.69, 9.17) is 11.0 Å². The number of aromatic nitrogens is 1. The molecule has 1 amide bonds. The average Bonchev–Trinajstić information content (AvgIpc) is 2.94. The van der Waals surface area contributed by atoms with Gasteiger partial charge in [-0.05, 0) is 24.2 Å². The van der Waals surface area contributed by atoms with Gasteiger partial charge in [-0.3, -0.25) is 4.79 Å². The molecule has 0 spiro atoms. The predicted molar refractivity (Wildman–Crippen MR) is 77.2 cm³/mol. The number of nitrogens with one attached hydrogen (secondary N) is 1. The van der Waals surface area contributed by atoms with Crippen LogP contribution >= 0.6 is 11.3 Å². The van der Waals surface area contributed by atoms with E-state index < -0.39 is 0 Å². The van der Waals surface area contributed by atoms with Crippen molar-refractivity contribution in [2.24, 2.45) is 5.73 Å². The van der Waals surface area contributed by atoms with Crippen LogP contribution in [0, 0.1) is 11.3 Å². The Kier molecular flexibility index (Phi) is 4.82. The van der Waals surface area contributed by atoms with Crippen LogP contribution in [-0.4, -0.2) is 17.4 Å². The summed E-state index contributed by atoms with van der Waals surface area (Å²) in [6.07, 6.45) is 0.683. The summed E-state index contributed by atoms with van der Waals surface area (Å²) in [5.74, 6) is -0.216. The molecule has 2 rings (SSSR count). The van der Waals surface area contributed by atoms with Gasteiger partial charge in [-0.2, -0.15) is 5.26 Å². The Hall–Kier alpha value is -2.23. The normalized spacial score (nSPS) is 10.0. The second-order valence-corrected chi connectivity index (χ2v) is 5.10. The molecule has 102 valence electrons. The Morgan fingerprint density at radius 2 is 2.35 bits per heavy atom. The van der Waals surface area contributed by atoms with Gasteiger partial charge in [0, 0.05) is 18.3 Å². The molecule has 0 atom stereocenters. The van der Waals surface area contributed by atoms with Gasteiger partial charge >= 0.3 is 0 Å². The van der Waals surface area contributed by atoms with E-state index in [-0.39, 0.29) is 5.91 Å². The molecule has 0 aliphatic carbocycles. The number of nitriles is 1. The van der Waals surface area contributed by atoms with Crippen molar-refractivity contribution in [3.63, 3.8) is 0 Å². The van der Waals surface area contributed by atoms with Crippen molar-refractivity contribution in [1.29, 1.82) is 5.26 Å². The molecule has 20 heavy (non-hydrogen) atoms. The number of carbonyl (C=O) groups excluding carboxylic acids is 1. The first kappa shape index (κ1) is 14.2. The molecular weight excluding hydrogens is 272 g/mol. The smallest absolute Gasteiger partial charge is 0.271 e. The zero-order valence-corrected chi connectivity index (χ0v) is 11.6. The molecule has 0 saturated heterocycles. The van der Waals surface area contributed by atoms with Crippen LogP contribution < -0.4 is 11.1 Å². The number of hydrogen-bond donors (Lipinski definition) is 2. The molecule has 0 bridgehead atoms. The summed E-state index contributed by atoms with van der Waals surface area (Å²) >= 11 is 1.44. The second-order valence-electron chi connectivity index (χ2n) is 4.16. The molecule has 0 aliphatic heterocycles. The lowest BCUT2D eigenvalue weighted by atomic mass is 10.1. The summed E-state index contributed by atoms with van der Waals surface area (Å²) in [7, 11) is 0. The molecule has 0 unspecified atom stereocenters. The van der Waals surface area contributed by atoms with E-state index in [9.17, 15) is 4.79 Å². The van der Waals surface area contributed by atoms with Crippen LogP contribution in [0.4, 0.5) is 0 Å². The summed E-state index contributed by atoms with van der Waals surface area (Å²) in [5.41, 5.74) is 7.32. The minimum absolute atomic E-state index is 0.216. The van der Waals surface area contributed by atoms with Gasteiger partial charge in [0.05, 0.1) is 16.6 Å². The Labute approximate surface area is 121 Å². The summed E-state index contributed by atoms with van der Waals surface area (Å²) in [4.78, 5) is 16.1. The van der Waals surface area contributed by atoms with E-state index in [2.05, 4.69) is 16.4 Å². The van der Waals surface area contributed by atoms with Gasteiger partial charge in [-0.1, -0.05) is 12.1 Å². The van der Waals surface area contributed by atoms with Crippen LogP contribution in [0.1, 0.15) is 26.6 Å². The quantitative estimate of drug-likeness (QED) is 0.870. The molecule has 0 fully saturated rings. The molecule has 0 radical (unpaired) electrons. The first-order chi connectivity index (χ1) is 9.72. The third kappa shape index (κ3) is 3.63. The van der Waals surface area contributed by atoms with Crippen molar-refractivity contribution in [1.82, 2.24) is 10.3 Å². The highest BCUT2D eigenvalue weighted by molar-refractivity contribution is 7.09. The third-order valence-corrected chi connectivity index (χ3v) is 3.56. The molecule has 2 aromatic rings. The monoisotopic (exact) mass is 286 g/mol. The van der Waals surface area contributed by atoms with Crippen molar-refractivity contribution in [2.75, 3.05) is 6.54 Å². The summed E-state index contributed by atoms with van der Waals surface area (Å²) in [6, 6.07) is 9.20. The van der Waals surface area contributed by atoms with Crippen molar-refractivity contribution in [3.8, 4) is 6.07 Å². The van der Waals surface area contributed by atoms with Crippen molar-refractivity contribution >= 4 is 17.2 Å². The van der Waals surface area contributed by atoms with Crippen LogP contribution in [0.15, 0.2) is 29.6 Å². The number of benzene rings is 1. The maximum atomic E-state index is 11.9. The van der Waals surface area contributed by atoms with Gasteiger partial charge in [0.2, 0.25) is 0 Å².